The number of ether oxygens (including phenoxy) is 6. The van der Waals surface area contributed by atoms with Crippen molar-refractivity contribution in [3.8, 4) is 0 Å². The molecule has 1 fully saturated rings. The molecule has 41 nitrogen and oxygen atoms in total. The van der Waals surface area contributed by atoms with Gasteiger partial charge in [-0.25, -0.2) is 13.7 Å². The number of ketones is 2. The SMILES string of the molecule is CC(C)CC(=O)NCNC(C)C.CC(C)CCNC(=O)CCC(=O)C(C)C.CC(C)CCOCCNC(=O)C(C)C.CC(C)COP(=O)(O)OC1CCN(C(=O)CC(C)C)CC1.CC(C)OCOCC(CO)COCO[P+](=O)OC(C)C.CC(C)OP(=O)(O)OCCNC(=O)CCC(=O)C(C)C.CC(C)O[P+](=O)OCOCC(CO)COCOP(=O)(O)OC(C)C.CO.CO. The largest absolute Gasteiger partial charge is 0.700 e. The number of nitrogens with one attached hydrogen (secondary N) is 5. The van der Waals surface area contributed by atoms with Crippen LogP contribution in [0.15, 0.2) is 0 Å². The number of likely N-dealkylation sites (tertiary alicyclic amines) is 1. The molecule has 0 radical (unpaired) electrons. The van der Waals surface area contributed by atoms with Gasteiger partial charge >= 0.3 is 40.0 Å². The first-order chi connectivity index (χ1) is 60.4. The highest BCUT2D eigenvalue weighted by Crippen LogP contribution is 2.47. The average Bonchev–Trinajstić information content (AvgIpc) is 0.856. The molecule has 1 saturated heterocycles. The summed E-state index contributed by atoms with van der Waals surface area (Å²) in [5, 5.41) is 46.4. The Labute approximate surface area is 780 Å². The number of amides is 5. The Morgan fingerprint density at radius 1 is 0.408 bits per heavy atom. The number of carbonyl (C=O) groups is 7. The van der Waals surface area contributed by atoms with Crippen molar-refractivity contribution in [2.45, 2.75) is 301 Å². The number of hydrogen-bond donors (Lipinski definition) is 12. The van der Waals surface area contributed by atoms with E-state index >= 15 is 0 Å². The van der Waals surface area contributed by atoms with Gasteiger partial charge in [-0.1, -0.05) is 120 Å². The zero-order chi connectivity index (χ0) is 102. The van der Waals surface area contributed by atoms with Gasteiger partial charge in [-0.3, -0.25) is 66.0 Å². The fourth-order valence-electron chi connectivity index (χ4n) is 8.51. The second-order valence-corrected chi connectivity index (χ2v) is 40.1. The summed E-state index contributed by atoms with van der Waals surface area (Å²) in [6.45, 7) is 57.0. The number of rotatable bonds is 64. The molecular weight excluding hydrogens is 1810 g/mol. The lowest BCUT2D eigenvalue weighted by Crippen LogP contribution is -2.41. The summed E-state index contributed by atoms with van der Waals surface area (Å²) in [6.07, 6.45) is 3.85. The van der Waals surface area contributed by atoms with E-state index in [0.29, 0.717) is 114 Å². The Kier molecular flexibility index (Phi) is 99.1. The summed E-state index contributed by atoms with van der Waals surface area (Å²) in [4.78, 5) is 109. The molecule has 0 aliphatic carbocycles. The van der Waals surface area contributed by atoms with Crippen LogP contribution in [0.3, 0.4) is 0 Å². The van der Waals surface area contributed by atoms with Gasteiger partial charge in [0.2, 0.25) is 43.1 Å². The van der Waals surface area contributed by atoms with Crippen LogP contribution >= 0.6 is 40.0 Å². The molecule has 12 N–H and O–H groups in total. The number of phosphoric ester groups is 3. The minimum atomic E-state index is -4.15. The third-order valence-corrected chi connectivity index (χ3v) is 20.4. The summed E-state index contributed by atoms with van der Waals surface area (Å²) in [7, 11) is -14.6. The number of Topliss-reactive ketones (excluding diaryl/α,β-unsaturated/α-hetero) is 2. The number of phosphoric acid groups is 3. The fourth-order valence-corrected chi connectivity index (χ4v) is 12.5. The maximum absolute atomic E-state index is 11.9. The van der Waals surface area contributed by atoms with Crippen molar-refractivity contribution in [2.75, 3.05) is 147 Å². The van der Waals surface area contributed by atoms with Gasteiger partial charge < -0.3 is 89.7 Å². The van der Waals surface area contributed by atoms with Crippen LogP contribution in [0, 0.1) is 59.2 Å². The van der Waals surface area contributed by atoms with Crippen LogP contribution in [0.1, 0.15) is 258 Å². The Bertz CT molecular complexity index is 2940. The zero-order valence-electron chi connectivity index (χ0n) is 84.3. The summed E-state index contributed by atoms with van der Waals surface area (Å²) < 4.78 is 136. The van der Waals surface area contributed by atoms with Crippen molar-refractivity contribution in [2.24, 2.45) is 59.2 Å². The van der Waals surface area contributed by atoms with E-state index in [9.17, 15) is 76.2 Å². The Morgan fingerprint density at radius 2 is 0.823 bits per heavy atom. The van der Waals surface area contributed by atoms with E-state index in [2.05, 4.69) is 86.2 Å². The van der Waals surface area contributed by atoms with Gasteiger partial charge in [0.1, 0.15) is 30.6 Å². The maximum atomic E-state index is 11.9. The van der Waals surface area contributed by atoms with E-state index in [1.54, 1.807) is 74.1 Å². The van der Waals surface area contributed by atoms with E-state index in [0.717, 1.165) is 33.7 Å². The first-order valence-electron chi connectivity index (χ1n) is 44.7. The number of aliphatic hydroxyl groups is 4. The smallest absolute Gasteiger partial charge is 0.400 e. The molecule has 46 heteroatoms. The van der Waals surface area contributed by atoms with Gasteiger partial charge in [0.25, 0.3) is 0 Å². The molecule has 0 aromatic rings. The molecule has 778 valence electrons. The minimum Gasteiger partial charge on any atom is -0.400 e. The molecule has 130 heavy (non-hydrogen) atoms. The number of piperidine rings is 1. The highest BCUT2D eigenvalue weighted by atomic mass is 31.2. The topological polar surface area (TPSA) is 558 Å². The number of aliphatic hydroxyl groups excluding tert-OH is 4. The van der Waals surface area contributed by atoms with Crippen molar-refractivity contribution in [1.82, 2.24) is 31.5 Å². The summed E-state index contributed by atoms with van der Waals surface area (Å²) in [5.41, 5.74) is 0. The molecule has 1 aliphatic heterocycles. The summed E-state index contributed by atoms with van der Waals surface area (Å²) >= 11 is 0. The number of carbonyl (C=O) groups excluding carboxylic acids is 7. The van der Waals surface area contributed by atoms with E-state index < -0.39 is 64.9 Å². The maximum Gasteiger partial charge on any atom is 0.700 e. The first-order valence-corrected chi connectivity index (χ1v) is 51.4. The minimum absolute atomic E-state index is 0.00958. The van der Waals surface area contributed by atoms with Gasteiger partial charge in [0, 0.05) is 137 Å². The van der Waals surface area contributed by atoms with Gasteiger partial charge in [-0.05, 0) is 138 Å². The molecule has 5 amide bonds. The molecule has 0 bridgehead atoms. The van der Waals surface area contributed by atoms with Gasteiger partial charge in [-0.2, -0.15) is 0 Å². The fraction of sp³-hybridized carbons (Fsp3) is 0.917. The van der Waals surface area contributed by atoms with Crippen LogP contribution in [0.4, 0.5) is 0 Å². The molecule has 0 aromatic heterocycles. The predicted octanol–water partition coefficient (Wildman–Crippen LogP) is 13.0. The van der Waals surface area contributed by atoms with Crippen LogP contribution in [0.2, 0.25) is 0 Å². The number of nitrogens with zero attached hydrogens (tertiary/aromatic N) is 1. The van der Waals surface area contributed by atoms with Crippen molar-refractivity contribution < 1.29 is 165 Å². The van der Waals surface area contributed by atoms with Crippen LogP contribution in [-0.4, -0.2) is 271 Å². The standard InChI is InChI=1S/C14H28NO5P.C12H24NO6P.C12H23NO2.C12H26O10P2.C12H26O7P.C11H23NO2.C9H20N2O.2CH4O/c1-11(2)9-14(16)15-7-5-13(6-8-15)20-21(17,18)19-10-12(3)4;1-9(2)11(14)5-6-12(15)13-7-8-18-20(16,17)19-10(3)4;1-9(2)7-8-13-12(15)6-5-11(14)10(3)4;1-10(2)21-23(14)19-8-17-6-12(5-13)7-18-9-20-24(15,16)22-11(3)4;1-10(2)17-8-15-6-12(5-13)7-16-9-18-20(14)19-11(3)4;1-9(2)5-7-14-8-6-12-11(13)10(3)4;1-7(2)5-9(12)11-6-10-8(3)4;2*1-2/h11-13H,5-10H2,1-4H3,(H,17,18);9-10H,5-8H2,1-4H3,(H,13,15)(H,16,17);9-10H,5-8H2,1-4H3,(H,13,15);10-13H,5-9H2,1-4H3;10-13H,5-9H2,1-4H3;9-10H,5-8H2,1-4H3,(H,12,13);7-8,10H,5-6H2,1-4H3,(H,11,12);2*2H,1H3/q;;;;+1;;;;/p+1. The van der Waals surface area contributed by atoms with E-state index in [1.807, 2.05) is 83.1 Å². The summed E-state index contributed by atoms with van der Waals surface area (Å²) in [5.74, 6) is 1.90. The first kappa shape index (κ1) is 142. The second kappa shape index (κ2) is 90.8. The molecule has 7 atom stereocenters. The lowest BCUT2D eigenvalue weighted by atomic mass is 10.0. The Balaban J connectivity index is -0.000000223. The highest BCUT2D eigenvalue weighted by Gasteiger charge is 2.32. The Hall–Kier alpha value is -3.38. The van der Waals surface area contributed by atoms with Gasteiger partial charge in [-0.15, -0.1) is 9.05 Å². The monoisotopic (exact) mass is 1990 g/mol. The molecule has 1 rings (SSSR count). The van der Waals surface area contributed by atoms with E-state index in [4.69, 9.17) is 70.9 Å². The van der Waals surface area contributed by atoms with Crippen molar-refractivity contribution in [3.05, 3.63) is 0 Å². The zero-order valence-corrected chi connectivity index (χ0v) is 88.7. The third kappa shape index (κ3) is 110. The molecule has 0 aromatic carbocycles. The van der Waals surface area contributed by atoms with Crippen LogP contribution in [0.25, 0.3) is 0 Å². The third-order valence-electron chi connectivity index (χ3n) is 15.2. The number of hydrogen-bond acceptors (Lipinski definition) is 33. The highest BCUT2D eigenvalue weighted by molar-refractivity contribution is 7.48. The van der Waals surface area contributed by atoms with Crippen LogP contribution in [0.5, 0.6) is 0 Å². The van der Waals surface area contributed by atoms with Crippen molar-refractivity contribution in [1.29, 1.82) is 0 Å². The normalized spacial score (nSPS) is 14.2. The van der Waals surface area contributed by atoms with Crippen LogP contribution in [-0.2, 0) is 130 Å². The van der Waals surface area contributed by atoms with E-state index in [1.165, 1.54) is 0 Å². The molecule has 7 unspecified atom stereocenters. The lowest BCUT2D eigenvalue weighted by molar-refractivity contribution is -0.134. The summed E-state index contributed by atoms with van der Waals surface area (Å²) in [6, 6.07) is 0.421. The molecular formula is C84H179N6O35P5+2. The average molecular weight is 1990 g/mol. The van der Waals surface area contributed by atoms with Crippen molar-refractivity contribution in [3.63, 3.8) is 0 Å². The molecule has 0 spiro atoms. The molecule has 0 saturated carbocycles. The van der Waals surface area contributed by atoms with Gasteiger partial charge in [0.05, 0.1) is 90.5 Å². The molecule has 1 aliphatic rings. The van der Waals surface area contributed by atoms with E-state index in [-0.39, 0.29) is 181 Å². The van der Waals surface area contributed by atoms with Crippen LogP contribution < -0.4 is 26.6 Å². The lowest BCUT2D eigenvalue weighted by Gasteiger charge is -2.32. The van der Waals surface area contributed by atoms with Crippen molar-refractivity contribution >= 4 is 81.1 Å². The Morgan fingerprint density at radius 3 is 1.20 bits per heavy atom. The second-order valence-electron chi connectivity index (χ2n) is 34.0. The molecule has 1 heterocycles. The predicted molar refractivity (Wildman–Crippen MR) is 499 cm³/mol. The quantitative estimate of drug-likeness (QED) is 0.0153. The van der Waals surface area contributed by atoms with Gasteiger partial charge in [0.15, 0.2) is 6.79 Å².